The maximum Gasteiger partial charge on any atom is 0.338 e. The largest absolute Gasteiger partial charge is 0.338 e. The number of carbonyl (C=O) groups is 3. The van der Waals surface area contributed by atoms with E-state index in [0.717, 1.165) is 15.4 Å². The third kappa shape index (κ3) is 2.71. The van der Waals surface area contributed by atoms with E-state index >= 15 is 0 Å². The lowest BCUT2D eigenvalue weighted by Gasteiger charge is -2.16. The second-order valence-corrected chi connectivity index (χ2v) is 5.63. The van der Waals surface area contributed by atoms with Gasteiger partial charge in [0.15, 0.2) is 0 Å². The molecule has 5 nitrogen and oxygen atoms in total. The van der Waals surface area contributed by atoms with E-state index in [0.29, 0.717) is 16.3 Å². The SMILES string of the molecule is Cc1ccccc1C(=O)N1CC(=O)N(c2ccc(Cl)cc2)C1=O. The summed E-state index contributed by atoms with van der Waals surface area (Å²) in [7, 11) is 0. The van der Waals surface area contributed by atoms with Crippen molar-refractivity contribution in [3.05, 3.63) is 64.7 Å². The van der Waals surface area contributed by atoms with Crippen LogP contribution in [-0.2, 0) is 4.79 Å². The zero-order valence-electron chi connectivity index (χ0n) is 12.3. The topological polar surface area (TPSA) is 57.7 Å². The molecule has 1 fully saturated rings. The van der Waals surface area contributed by atoms with E-state index in [-0.39, 0.29) is 6.54 Å². The number of carbonyl (C=O) groups excluding carboxylic acids is 3. The Morgan fingerprint density at radius 2 is 1.70 bits per heavy atom. The molecule has 2 aromatic carbocycles. The van der Waals surface area contributed by atoms with Crippen molar-refractivity contribution in [3.63, 3.8) is 0 Å². The lowest BCUT2D eigenvalue weighted by molar-refractivity contribution is -0.116. The fourth-order valence-electron chi connectivity index (χ4n) is 2.46. The fourth-order valence-corrected chi connectivity index (χ4v) is 2.59. The normalized spacial score (nSPS) is 14.5. The lowest BCUT2D eigenvalue weighted by Crippen LogP contribution is -2.36. The van der Waals surface area contributed by atoms with Gasteiger partial charge in [0.1, 0.15) is 6.54 Å². The van der Waals surface area contributed by atoms with Crippen LogP contribution in [0.3, 0.4) is 0 Å². The van der Waals surface area contributed by atoms with Crippen LogP contribution < -0.4 is 4.90 Å². The summed E-state index contributed by atoms with van der Waals surface area (Å²) in [4.78, 5) is 39.2. The molecule has 0 saturated carbocycles. The molecule has 3 rings (SSSR count). The van der Waals surface area contributed by atoms with Gasteiger partial charge in [-0.2, -0.15) is 0 Å². The van der Waals surface area contributed by atoms with Gasteiger partial charge in [0, 0.05) is 10.6 Å². The molecule has 0 radical (unpaired) electrons. The molecule has 0 atom stereocenters. The van der Waals surface area contributed by atoms with Crippen LogP contribution in [-0.4, -0.2) is 29.3 Å². The van der Waals surface area contributed by atoms with Crippen LogP contribution in [0.2, 0.25) is 5.02 Å². The van der Waals surface area contributed by atoms with Crippen molar-refractivity contribution in [1.29, 1.82) is 0 Å². The average Bonchev–Trinajstić information content (AvgIpc) is 2.83. The van der Waals surface area contributed by atoms with Crippen LogP contribution >= 0.6 is 11.6 Å². The molecule has 0 aromatic heterocycles. The highest BCUT2D eigenvalue weighted by molar-refractivity contribution is 6.31. The van der Waals surface area contributed by atoms with Crippen molar-refractivity contribution in [3.8, 4) is 0 Å². The summed E-state index contributed by atoms with van der Waals surface area (Å²) >= 11 is 5.81. The molecular weight excluding hydrogens is 316 g/mol. The molecule has 116 valence electrons. The second-order valence-electron chi connectivity index (χ2n) is 5.19. The number of imide groups is 2. The van der Waals surface area contributed by atoms with E-state index in [1.54, 1.807) is 49.4 Å². The fraction of sp³-hybridized carbons (Fsp3) is 0.118. The summed E-state index contributed by atoms with van der Waals surface area (Å²) in [6.07, 6.45) is 0. The summed E-state index contributed by atoms with van der Waals surface area (Å²) in [5.74, 6) is -0.919. The Balaban J connectivity index is 1.91. The molecule has 1 saturated heterocycles. The van der Waals surface area contributed by atoms with Gasteiger partial charge in [-0.15, -0.1) is 0 Å². The zero-order valence-corrected chi connectivity index (χ0v) is 13.1. The smallest absolute Gasteiger partial charge is 0.272 e. The molecule has 2 aromatic rings. The Morgan fingerprint density at radius 3 is 2.35 bits per heavy atom. The van der Waals surface area contributed by atoms with Crippen molar-refractivity contribution in [2.24, 2.45) is 0 Å². The molecule has 0 bridgehead atoms. The molecule has 23 heavy (non-hydrogen) atoms. The quantitative estimate of drug-likeness (QED) is 0.795. The number of urea groups is 1. The standard InChI is InChI=1S/C17H13ClN2O3/c1-11-4-2-3-5-14(11)16(22)19-10-15(21)20(17(19)23)13-8-6-12(18)7-9-13/h2-9H,10H2,1H3. The van der Waals surface area contributed by atoms with Gasteiger partial charge in [0.05, 0.1) is 5.69 Å². The number of aryl methyl sites for hydroxylation is 1. The Hall–Kier alpha value is -2.66. The minimum atomic E-state index is -0.648. The van der Waals surface area contributed by atoms with Gasteiger partial charge in [-0.3, -0.25) is 9.59 Å². The first-order valence-corrected chi connectivity index (χ1v) is 7.37. The maximum atomic E-state index is 12.6. The van der Waals surface area contributed by atoms with Gasteiger partial charge in [0.2, 0.25) is 0 Å². The molecule has 1 aliphatic heterocycles. The Morgan fingerprint density at radius 1 is 1.04 bits per heavy atom. The highest BCUT2D eigenvalue weighted by Crippen LogP contribution is 2.24. The van der Waals surface area contributed by atoms with Crippen LogP contribution in [0.15, 0.2) is 48.5 Å². The molecule has 0 N–H and O–H groups in total. The van der Waals surface area contributed by atoms with Gasteiger partial charge >= 0.3 is 6.03 Å². The molecule has 0 spiro atoms. The van der Waals surface area contributed by atoms with E-state index in [9.17, 15) is 14.4 Å². The summed E-state index contributed by atoms with van der Waals surface area (Å²) in [5.41, 5.74) is 1.55. The van der Waals surface area contributed by atoms with Crippen molar-refractivity contribution < 1.29 is 14.4 Å². The zero-order chi connectivity index (χ0) is 16.6. The molecule has 4 amide bonds. The van der Waals surface area contributed by atoms with Gasteiger partial charge in [-0.1, -0.05) is 29.8 Å². The predicted octanol–water partition coefficient (Wildman–Crippen LogP) is 3.26. The van der Waals surface area contributed by atoms with Gasteiger partial charge in [-0.25, -0.2) is 14.6 Å². The van der Waals surface area contributed by atoms with Crippen LogP contribution in [0.1, 0.15) is 15.9 Å². The Labute approximate surface area is 138 Å². The van der Waals surface area contributed by atoms with E-state index in [2.05, 4.69) is 0 Å². The number of benzene rings is 2. The van der Waals surface area contributed by atoms with Crippen molar-refractivity contribution in [1.82, 2.24) is 4.90 Å². The third-order valence-corrected chi connectivity index (χ3v) is 3.92. The number of anilines is 1. The summed E-state index contributed by atoms with van der Waals surface area (Å²) in [6, 6.07) is 12.6. The third-order valence-electron chi connectivity index (χ3n) is 3.67. The van der Waals surface area contributed by atoms with Gasteiger partial charge in [0.25, 0.3) is 11.8 Å². The van der Waals surface area contributed by atoms with Gasteiger partial charge in [-0.05, 0) is 42.8 Å². The van der Waals surface area contributed by atoms with E-state index in [1.807, 2.05) is 6.07 Å². The molecule has 1 heterocycles. The monoisotopic (exact) mass is 328 g/mol. The Bertz CT molecular complexity index is 802. The Kier molecular flexibility index (Phi) is 3.88. The molecule has 0 unspecified atom stereocenters. The number of amides is 4. The average molecular weight is 329 g/mol. The minimum Gasteiger partial charge on any atom is -0.272 e. The molecule has 0 aliphatic carbocycles. The number of hydrogen-bond acceptors (Lipinski definition) is 3. The molecule has 1 aliphatic rings. The first-order chi connectivity index (χ1) is 11.0. The first kappa shape index (κ1) is 15.2. The first-order valence-electron chi connectivity index (χ1n) is 6.99. The number of hydrogen-bond donors (Lipinski definition) is 0. The predicted molar refractivity (Wildman–Crippen MR) is 86.5 cm³/mol. The van der Waals surface area contributed by atoms with E-state index in [4.69, 9.17) is 11.6 Å². The summed E-state index contributed by atoms with van der Waals surface area (Å²) in [5, 5.41) is 0.501. The number of nitrogens with zero attached hydrogens (tertiary/aromatic N) is 2. The van der Waals surface area contributed by atoms with E-state index < -0.39 is 17.8 Å². The van der Waals surface area contributed by atoms with Gasteiger partial charge < -0.3 is 0 Å². The second kappa shape index (κ2) is 5.85. The van der Waals surface area contributed by atoms with Crippen LogP contribution in [0.25, 0.3) is 0 Å². The van der Waals surface area contributed by atoms with Crippen LogP contribution in [0, 0.1) is 6.92 Å². The highest BCUT2D eigenvalue weighted by atomic mass is 35.5. The lowest BCUT2D eigenvalue weighted by atomic mass is 10.1. The van der Waals surface area contributed by atoms with Crippen molar-refractivity contribution in [2.45, 2.75) is 6.92 Å². The van der Waals surface area contributed by atoms with Crippen molar-refractivity contribution >= 4 is 35.1 Å². The highest BCUT2D eigenvalue weighted by Gasteiger charge is 2.41. The number of halogens is 1. The summed E-state index contributed by atoms with van der Waals surface area (Å²) < 4.78 is 0. The van der Waals surface area contributed by atoms with Crippen LogP contribution in [0.5, 0.6) is 0 Å². The summed E-state index contributed by atoms with van der Waals surface area (Å²) in [6.45, 7) is 1.52. The van der Waals surface area contributed by atoms with E-state index in [1.165, 1.54) is 0 Å². The maximum absolute atomic E-state index is 12.6. The van der Waals surface area contributed by atoms with Crippen LogP contribution in [0.4, 0.5) is 10.5 Å². The molecular formula is C17H13ClN2O3. The minimum absolute atomic E-state index is 0.269. The number of rotatable bonds is 2. The molecule has 6 heteroatoms. The van der Waals surface area contributed by atoms with Crippen molar-refractivity contribution in [2.75, 3.05) is 11.4 Å².